The third kappa shape index (κ3) is 4.02. The Labute approximate surface area is 149 Å². The van der Waals surface area contributed by atoms with Crippen LogP contribution in [0.5, 0.6) is 0 Å². The fraction of sp³-hybridized carbons (Fsp3) is 0.471. The maximum atomic E-state index is 12.7. The van der Waals surface area contributed by atoms with Crippen LogP contribution in [0.25, 0.3) is 10.9 Å². The van der Waals surface area contributed by atoms with E-state index in [0.717, 1.165) is 9.99 Å². The van der Waals surface area contributed by atoms with Gasteiger partial charge in [-0.1, -0.05) is 22.9 Å². The van der Waals surface area contributed by atoms with Gasteiger partial charge in [-0.25, -0.2) is 0 Å². The molecular formula is C17H22BrN3O3. The number of aromatic nitrogens is 2. The van der Waals surface area contributed by atoms with E-state index in [2.05, 4.69) is 26.3 Å². The van der Waals surface area contributed by atoms with Crippen LogP contribution in [0.3, 0.4) is 0 Å². The van der Waals surface area contributed by atoms with Crippen LogP contribution < -0.4 is 10.7 Å². The summed E-state index contributed by atoms with van der Waals surface area (Å²) in [6.07, 6.45) is 0.520. The lowest BCUT2D eigenvalue weighted by Gasteiger charge is -2.17. The van der Waals surface area contributed by atoms with E-state index in [1.807, 2.05) is 26.8 Å². The van der Waals surface area contributed by atoms with Crippen molar-refractivity contribution in [1.82, 2.24) is 15.1 Å². The number of carbonyl (C=O) groups is 1. The predicted octanol–water partition coefficient (Wildman–Crippen LogP) is 2.17. The summed E-state index contributed by atoms with van der Waals surface area (Å²) in [6, 6.07) is 5.14. The average Bonchev–Trinajstić information content (AvgIpc) is 2.54. The summed E-state index contributed by atoms with van der Waals surface area (Å²) < 4.78 is 2.62. The van der Waals surface area contributed by atoms with Crippen molar-refractivity contribution in [3.8, 4) is 0 Å². The topological polar surface area (TPSA) is 84.2 Å². The quantitative estimate of drug-likeness (QED) is 0.784. The third-order valence-corrected chi connectivity index (χ3v) is 4.33. The molecule has 2 N–H and O–H groups in total. The van der Waals surface area contributed by atoms with Gasteiger partial charge in [-0.2, -0.15) is 5.10 Å². The van der Waals surface area contributed by atoms with Gasteiger partial charge in [0.1, 0.15) is 5.69 Å². The molecular weight excluding hydrogens is 374 g/mol. The zero-order chi connectivity index (χ0) is 17.9. The molecule has 0 aliphatic heterocycles. The highest BCUT2D eigenvalue weighted by molar-refractivity contribution is 9.10. The van der Waals surface area contributed by atoms with E-state index >= 15 is 0 Å². The van der Waals surface area contributed by atoms with Gasteiger partial charge >= 0.3 is 0 Å². The maximum Gasteiger partial charge on any atom is 0.226 e. The van der Waals surface area contributed by atoms with Crippen molar-refractivity contribution in [2.24, 2.45) is 0 Å². The summed E-state index contributed by atoms with van der Waals surface area (Å²) in [5, 5.41) is 16.8. The Balaban J connectivity index is 2.44. The van der Waals surface area contributed by atoms with E-state index in [-0.39, 0.29) is 42.1 Å². The Hall–Kier alpha value is -1.73. The van der Waals surface area contributed by atoms with Gasteiger partial charge in [0.2, 0.25) is 11.3 Å². The van der Waals surface area contributed by atoms with Crippen LogP contribution in [0.1, 0.15) is 38.9 Å². The molecule has 0 unspecified atom stereocenters. The summed E-state index contributed by atoms with van der Waals surface area (Å²) in [6.45, 7) is 5.69. The van der Waals surface area contributed by atoms with Crippen LogP contribution >= 0.6 is 15.9 Å². The van der Waals surface area contributed by atoms with E-state index in [1.54, 1.807) is 16.8 Å². The number of aliphatic hydroxyl groups is 1. The number of nitrogens with zero attached hydrogens (tertiary/aromatic N) is 2. The second-order valence-electron chi connectivity index (χ2n) is 6.01. The van der Waals surface area contributed by atoms with Crippen LogP contribution in [0.2, 0.25) is 0 Å². The first-order valence-electron chi connectivity index (χ1n) is 7.98. The molecule has 1 heterocycles. The van der Waals surface area contributed by atoms with E-state index in [9.17, 15) is 14.7 Å². The minimum atomic E-state index is -0.313. The van der Waals surface area contributed by atoms with Crippen molar-refractivity contribution in [2.45, 2.75) is 45.7 Å². The fourth-order valence-electron chi connectivity index (χ4n) is 2.49. The van der Waals surface area contributed by atoms with Crippen molar-refractivity contribution in [2.75, 3.05) is 6.61 Å². The van der Waals surface area contributed by atoms with Crippen molar-refractivity contribution in [3.63, 3.8) is 0 Å². The molecule has 130 valence electrons. The molecule has 0 spiro atoms. The van der Waals surface area contributed by atoms with E-state index in [4.69, 9.17) is 0 Å². The smallest absolute Gasteiger partial charge is 0.226 e. The molecule has 2 aromatic rings. The molecule has 1 aromatic heterocycles. The minimum Gasteiger partial charge on any atom is -0.394 e. The molecule has 0 aliphatic carbocycles. The number of halogens is 1. The summed E-state index contributed by atoms with van der Waals surface area (Å²) in [5.41, 5.74) is 0.709. The maximum absolute atomic E-state index is 12.7. The van der Waals surface area contributed by atoms with E-state index < -0.39 is 0 Å². The number of aliphatic hydroxyl groups excluding tert-OH is 1. The third-order valence-electron chi connectivity index (χ3n) is 3.84. The highest BCUT2D eigenvalue weighted by atomic mass is 79.9. The molecule has 1 aromatic carbocycles. The van der Waals surface area contributed by atoms with E-state index in [1.165, 1.54) is 0 Å². The van der Waals surface area contributed by atoms with Crippen molar-refractivity contribution >= 4 is 32.7 Å². The van der Waals surface area contributed by atoms with Gasteiger partial charge < -0.3 is 10.4 Å². The normalized spacial score (nSPS) is 12.6. The highest BCUT2D eigenvalue weighted by Crippen LogP contribution is 2.20. The first kappa shape index (κ1) is 18.6. The molecule has 0 saturated heterocycles. The molecule has 24 heavy (non-hydrogen) atoms. The number of carbonyl (C=O) groups excluding carboxylic acids is 1. The van der Waals surface area contributed by atoms with Gasteiger partial charge in [-0.15, -0.1) is 0 Å². The number of amides is 1. The molecule has 0 bridgehead atoms. The summed E-state index contributed by atoms with van der Waals surface area (Å²) in [4.78, 5) is 24.8. The minimum absolute atomic E-state index is 0.0463. The van der Waals surface area contributed by atoms with E-state index in [0.29, 0.717) is 11.8 Å². The summed E-state index contributed by atoms with van der Waals surface area (Å²) >= 11 is 3.41. The molecule has 0 fully saturated rings. The first-order chi connectivity index (χ1) is 11.4. The summed E-state index contributed by atoms with van der Waals surface area (Å²) in [5.74, 6) is -0.313. The number of hydrogen-bond acceptors (Lipinski definition) is 4. The Morgan fingerprint density at radius 1 is 1.42 bits per heavy atom. The van der Waals surface area contributed by atoms with Crippen LogP contribution in [0.4, 0.5) is 0 Å². The first-order valence-corrected chi connectivity index (χ1v) is 8.77. The Bertz CT molecular complexity index is 798. The Morgan fingerprint density at radius 2 is 2.12 bits per heavy atom. The molecule has 0 aliphatic rings. The van der Waals surface area contributed by atoms with Crippen LogP contribution in [-0.2, 0) is 11.2 Å². The van der Waals surface area contributed by atoms with Gasteiger partial charge in [-0.3, -0.25) is 14.3 Å². The second kappa shape index (κ2) is 7.90. The second-order valence-corrected chi connectivity index (χ2v) is 6.92. The molecule has 0 saturated carbocycles. The fourth-order valence-corrected chi connectivity index (χ4v) is 2.84. The van der Waals surface area contributed by atoms with Gasteiger partial charge in [-0.05, 0) is 38.5 Å². The van der Waals surface area contributed by atoms with Gasteiger partial charge in [0.05, 0.1) is 24.6 Å². The number of hydrogen-bond donors (Lipinski definition) is 2. The Morgan fingerprint density at radius 3 is 2.71 bits per heavy atom. The van der Waals surface area contributed by atoms with Crippen LogP contribution in [0.15, 0.2) is 27.5 Å². The van der Waals surface area contributed by atoms with Gasteiger partial charge in [0.15, 0.2) is 0 Å². The van der Waals surface area contributed by atoms with Crippen molar-refractivity contribution in [1.29, 1.82) is 0 Å². The lowest BCUT2D eigenvalue weighted by molar-refractivity contribution is -0.121. The molecule has 6 nitrogen and oxygen atoms in total. The highest BCUT2D eigenvalue weighted by Gasteiger charge is 2.17. The SMILES string of the molecule is CC[C@@H](CO)NC(=O)Cc1nn(C(C)C)c2cc(Br)ccc2c1=O. The zero-order valence-corrected chi connectivity index (χ0v) is 15.6. The predicted molar refractivity (Wildman–Crippen MR) is 97.1 cm³/mol. The monoisotopic (exact) mass is 395 g/mol. The number of nitrogens with one attached hydrogen (secondary N) is 1. The largest absolute Gasteiger partial charge is 0.394 e. The van der Waals surface area contributed by atoms with Crippen LogP contribution in [0, 0.1) is 0 Å². The van der Waals surface area contributed by atoms with Crippen molar-refractivity contribution in [3.05, 3.63) is 38.6 Å². The van der Waals surface area contributed by atoms with Crippen molar-refractivity contribution < 1.29 is 9.90 Å². The van der Waals surface area contributed by atoms with Gasteiger partial charge in [0, 0.05) is 15.9 Å². The molecule has 1 atom stereocenters. The molecule has 2 rings (SSSR count). The standard InChI is InChI=1S/C17H22BrN3O3/c1-4-12(9-22)19-16(23)8-14-17(24)13-6-5-11(18)7-15(13)21(20-14)10(2)3/h5-7,10,12,22H,4,8-9H2,1-3H3,(H,19,23)/t12-/m0/s1. The Kier molecular flexibility index (Phi) is 6.12. The number of benzene rings is 1. The lowest BCUT2D eigenvalue weighted by Crippen LogP contribution is -2.39. The molecule has 7 heteroatoms. The number of fused-ring (bicyclic) bond motifs is 1. The van der Waals surface area contributed by atoms with Crippen LogP contribution in [-0.4, -0.2) is 33.4 Å². The molecule has 1 amide bonds. The van der Waals surface area contributed by atoms with Gasteiger partial charge in [0.25, 0.3) is 0 Å². The number of rotatable bonds is 6. The average molecular weight is 396 g/mol. The molecule has 0 radical (unpaired) electrons. The summed E-state index contributed by atoms with van der Waals surface area (Å²) in [7, 11) is 0. The lowest BCUT2D eigenvalue weighted by atomic mass is 10.1. The zero-order valence-electron chi connectivity index (χ0n) is 14.0.